The number of urea groups is 1. The van der Waals surface area contributed by atoms with E-state index in [9.17, 15) is 14.4 Å². The van der Waals surface area contributed by atoms with E-state index >= 15 is 0 Å². The average molecular weight is 247 g/mol. The van der Waals surface area contributed by atoms with Gasteiger partial charge in [0.2, 0.25) is 0 Å². The van der Waals surface area contributed by atoms with Gasteiger partial charge in [0.1, 0.15) is 0 Å². The smallest absolute Gasteiger partial charge is 0.408 e. The Kier molecular flexibility index (Phi) is 2.03. The summed E-state index contributed by atoms with van der Waals surface area (Å²) in [5, 5.41) is 4.43. The van der Waals surface area contributed by atoms with Crippen LogP contribution < -0.4 is 16.4 Å². The lowest BCUT2D eigenvalue weighted by atomic mass is 10.2. The third kappa shape index (κ3) is 1.41. The molecule has 0 aliphatic carbocycles. The Morgan fingerprint density at radius 3 is 2.72 bits per heavy atom. The highest BCUT2D eigenvalue weighted by molar-refractivity contribution is 6.03. The zero-order chi connectivity index (χ0) is 12.9. The zero-order valence-electron chi connectivity index (χ0n) is 9.39. The number of fused-ring (bicyclic) bond motifs is 1. The van der Waals surface area contributed by atoms with E-state index in [1.54, 1.807) is 18.2 Å². The number of carbonyl (C=O) groups is 2. The normalized spacial score (nSPS) is 19.1. The van der Waals surface area contributed by atoms with Crippen molar-refractivity contribution in [1.82, 2.24) is 15.2 Å². The van der Waals surface area contributed by atoms with Crippen molar-refractivity contribution in [3.05, 3.63) is 34.3 Å². The molecule has 3 amide bonds. The van der Waals surface area contributed by atoms with E-state index in [2.05, 4.69) is 10.6 Å². The van der Waals surface area contributed by atoms with Crippen LogP contribution in [0, 0.1) is 6.92 Å². The van der Waals surface area contributed by atoms with E-state index < -0.39 is 23.9 Å². The second-order valence-electron chi connectivity index (χ2n) is 4.07. The molecule has 1 aromatic heterocycles. The van der Waals surface area contributed by atoms with Crippen molar-refractivity contribution in [1.29, 1.82) is 0 Å². The van der Waals surface area contributed by atoms with Crippen molar-refractivity contribution in [2.24, 2.45) is 0 Å². The van der Waals surface area contributed by atoms with Gasteiger partial charge in [0.15, 0.2) is 11.7 Å². The van der Waals surface area contributed by atoms with Gasteiger partial charge in [-0.25, -0.2) is 14.2 Å². The number of hydrogen-bond acceptors (Lipinski definition) is 4. The Hall–Kier alpha value is -2.57. The van der Waals surface area contributed by atoms with Gasteiger partial charge in [-0.05, 0) is 24.6 Å². The fourth-order valence-corrected chi connectivity index (χ4v) is 1.98. The molecular formula is C11H9N3O4. The van der Waals surface area contributed by atoms with Crippen LogP contribution in [0.3, 0.4) is 0 Å². The number of aromatic nitrogens is 1. The molecule has 7 heteroatoms. The summed E-state index contributed by atoms with van der Waals surface area (Å²) in [7, 11) is 0. The SMILES string of the molecule is Cc1ccc2oc(=O)n(C3NC(=O)NC3=O)c2c1. The number of aryl methyl sites for hydroxylation is 1. The van der Waals surface area contributed by atoms with Crippen LogP contribution in [-0.2, 0) is 4.79 Å². The van der Waals surface area contributed by atoms with Crippen LogP contribution in [0.4, 0.5) is 4.79 Å². The number of imide groups is 1. The lowest BCUT2D eigenvalue weighted by Crippen LogP contribution is -2.32. The highest BCUT2D eigenvalue weighted by Gasteiger charge is 2.33. The number of nitrogens with one attached hydrogen (secondary N) is 2. The Balaban J connectivity index is 2.25. The third-order valence-electron chi connectivity index (χ3n) is 2.78. The maximum atomic E-state index is 11.8. The van der Waals surface area contributed by atoms with Crippen LogP contribution in [0.1, 0.15) is 11.7 Å². The lowest BCUT2D eigenvalue weighted by Gasteiger charge is -2.07. The maximum Gasteiger partial charge on any atom is 0.422 e. The van der Waals surface area contributed by atoms with Crippen molar-refractivity contribution in [2.75, 3.05) is 0 Å². The van der Waals surface area contributed by atoms with E-state index in [0.717, 1.165) is 10.1 Å². The molecule has 18 heavy (non-hydrogen) atoms. The predicted molar refractivity (Wildman–Crippen MR) is 60.9 cm³/mol. The number of nitrogens with zero attached hydrogens (tertiary/aromatic N) is 1. The number of hydrogen-bond donors (Lipinski definition) is 2. The fourth-order valence-electron chi connectivity index (χ4n) is 1.98. The molecule has 1 fully saturated rings. The number of oxazole rings is 1. The largest absolute Gasteiger partial charge is 0.422 e. The summed E-state index contributed by atoms with van der Waals surface area (Å²) in [5.74, 6) is -1.26. The van der Waals surface area contributed by atoms with Gasteiger partial charge >= 0.3 is 11.8 Å². The Labute approximate surface area is 100 Å². The Bertz CT molecular complexity index is 727. The zero-order valence-corrected chi connectivity index (χ0v) is 9.39. The van der Waals surface area contributed by atoms with Crippen LogP contribution in [0.25, 0.3) is 11.1 Å². The molecule has 2 heterocycles. The monoisotopic (exact) mass is 247 g/mol. The first-order valence-corrected chi connectivity index (χ1v) is 5.29. The standard InChI is InChI=1S/C11H9N3O4/c1-5-2-3-7-6(4-5)14(11(17)18-7)8-9(15)13-10(16)12-8/h2-4,8H,1H3,(H2,12,13,15,16). The van der Waals surface area contributed by atoms with E-state index in [0.29, 0.717) is 11.1 Å². The van der Waals surface area contributed by atoms with Gasteiger partial charge in [-0.2, -0.15) is 0 Å². The highest BCUT2D eigenvalue weighted by atomic mass is 16.4. The van der Waals surface area contributed by atoms with Gasteiger partial charge in [-0.15, -0.1) is 0 Å². The molecule has 2 aromatic rings. The molecule has 0 bridgehead atoms. The van der Waals surface area contributed by atoms with Gasteiger partial charge in [0, 0.05) is 0 Å². The molecule has 0 radical (unpaired) electrons. The lowest BCUT2D eigenvalue weighted by molar-refractivity contribution is -0.121. The van der Waals surface area contributed by atoms with E-state index in [1.807, 2.05) is 6.92 Å². The molecule has 3 rings (SSSR count). The molecule has 2 N–H and O–H groups in total. The molecule has 1 atom stereocenters. The molecule has 0 spiro atoms. The van der Waals surface area contributed by atoms with E-state index in [1.165, 1.54) is 0 Å². The topological polar surface area (TPSA) is 93.3 Å². The van der Waals surface area contributed by atoms with Crippen LogP contribution in [-0.4, -0.2) is 16.5 Å². The summed E-state index contributed by atoms with van der Waals surface area (Å²) in [4.78, 5) is 34.4. The quantitative estimate of drug-likeness (QED) is 0.706. The van der Waals surface area contributed by atoms with Gasteiger partial charge in [-0.1, -0.05) is 6.07 Å². The van der Waals surface area contributed by atoms with E-state index in [4.69, 9.17) is 4.42 Å². The van der Waals surface area contributed by atoms with Gasteiger partial charge in [0.05, 0.1) is 5.52 Å². The minimum absolute atomic E-state index is 0.375. The molecular weight excluding hydrogens is 238 g/mol. The van der Waals surface area contributed by atoms with Crippen molar-refractivity contribution >= 4 is 23.0 Å². The van der Waals surface area contributed by atoms with Crippen LogP contribution >= 0.6 is 0 Å². The molecule has 1 saturated heterocycles. The number of carbonyl (C=O) groups excluding carboxylic acids is 2. The fraction of sp³-hybridized carbons (Fsp3) is 0.182. The molecule has 0 saturated carbocycles. The molecule has 92 valence electrons. The highest BCUT2D eigenvalue weighted by Crippen LogP contribution is 2.18. The molecule has 1 aliphatic rings. The average Bonchev–Trinajstić information content (AvgIpc) is 2.77. The van der Waals surface area contributed by atoms with E-state index in [-0.39, 0.29) is 0 Å². The molecule has 1 aliphatic heterocycles. The van der Waals surface area contributed by atoms with Crippen molar-refractivity contribution in [3.63, 3.8) is 0 Å². The minimum Gasteiger partial charge on any atom is -0.408 e. The van der Waals surface area contributed by atoms with Crippen LogP contribution in [0.15, 0.2) is 27.4 Å². The molecule has 1 aromatic carbocycles. The molecule has 1 unspecified atom stereocenters. The first-order chi connectivity index (χ1) is 8.56. The maximum absolute atomic E-state index is 11.8. The van der Waals surface area contributed by atoms with Crippen molar-refractivity contribution in [3.8, 4) is 0 Å². The van der Waals surface area contributed by atoms with Gasteiger partial charge < -0.3 is 9.73 Å². The van der Waals surface area contributed by atoms with Crippen LogP contribution in [0.5, 0.6) is 0 Å². The summed E-state index contributed by atoms with van der Waals surface area (Å²) in [6.45, 7) is 1.86. The first-order valence-electron chi connectivity index (χ1n) is 5.29. The second-order valence-corrected chi connectivity index (χ2v) is 4.07. The van der Waals surface area contributed by atoms with Crippen molar-refractivity contribution in [2.45, 2.75) is 13.1 Å². The van der Waals surface area contributed by atoms with Crippen LogP contribution in [0.2, 0.25) is 0 Å². The number of benzene rings is 1. The summed E-state index contributed by atoms with van der Waals surface area (Å²) >= 11 is 0. The van der Waals surface area contributed by atoms with Crippen molar-refractivity contribution < 1.29 is 14.0 Å². The molecule has 7 nitrogen and oxygen atoms in total. The number of amides is 3. The summed E-state index contributed by atoms with van der Waals surface area (Å²) < 4.78 is 6.15. The van der Waals surface area contributed by atoms with Gasteiger partial charge in [0.25, 0.3) is 5.91 Å². The Morgan fingerprint density at radius 2 is 2.06 bits per heavy atom. The second kappa shape index (κ2) is 3.46. The predicted octanol–water partition coefficient (Wildman–Crippen LogP) is 0.241. The van der Waals surface area contributed by atoms with Gasteiger partial charge in [-0.3, -0.25) is 10.1 Å². The summed E-state index contributed by atoms with van der Waals surface area (Å²) in [6.07, 6.45) is -1.06. The summed E-state index contributed by atoms with van der Waals surface area (Å²) in [6, 6.07) is 4.54. The summed E-state index contributed by atoms with van der Waals surface area (Å²) in [5.41, 5.74) is 1.77. The third-order valence-corrected chi connectivity index (χ3v) is 2.78. The Morgan fingerprint density at radius 1 is 1.28 bits per heavy atom. The first kappa shape index (κ1) is 10.6. The number of rotatable bonds is 1. The minimum atomic E-state index is -1.06.